The van der Waals surface area contributed by atoms with Gasteiger partial charge in [-0.15, -0.1) is 0 Å². The average Bonchev–Trinajstić information content (AvgIpc) is 3.23. The number of ether oxygens (including phenoxy) is 2. The highest BCUT2D eigenvalue weighted by atomic mass is 16.5. The van der Waals surface area contributed by atoms with Crippen molar-refractivity contribution >= 4 is 22.8 Å². The van der Waals surface area contributed by atoms with Gasteiger partial charge in [0.15, 0.2) is 0 Å². The van der Waals surface area contributed by atoms with E-state index in [0.717, 1.165) is 23.7 Å². The monoisotopic (exact) mass is 358 g/mol. The third-order valence-electron chi connectivity index (χ3n) is 5.68. The summed E-state index contributed by atoms with van der Waals surface area (Å²) < 4.78 is 10.8. The van der Waals surface area contributed by atoms with E-state index in [-0.39, 0.29) is 11.3 Å². The molecule has 0 saturated carbocycles. The Morgan fingerprint density at radius 1 is 1.35 bits per heavy atom. The van der Waals surface area contributed by atoms with E-state index in [1.54, 1.807) is 13.2 Å². The molecule has 1 amide bonds. The number of benzene rings is 1. The lowest BCUT2D eigenvalue weighted by molar-refractivity contribution is -0.141. The summed E-state index contributed by atoms with van der Waals surface area (Å²) in [4.78, 5) is 29.5. The largest absolute Gasteiger partial charge is 0.496 e. The smallest absolute Gasteiger partial charge is 0.326 e. The van der Waals surface area contributed by atoms with Crippen LogP contribution in [0.2, 0.25) is 0 Å². The minimum atomic E-state index is -0.949. The quantitative estimate of drug-likeness (QED) is 0.878. The Hall–Kier alpha value is -2.54. The second-order valence-electron chi connectivity index (χ2n) is 7.21. The first-order valence-corrected chi connectivity index (χ1v) is 8.80. The number of nitrogens with zero attached hydrogens (tertiary/aromatic N) is 1. The molecule has 2 aliphatic heterocycles. The van der Waals surface area contributed by atoms with Gasteiger partial charge in [-0.1, -0.05) is 6.07 Å². The van der Waals surface area contributed by atoms with Crippen LogP contribution in [0.15, 0.2) is 24.3 Å². The highest BCUT2D eigenvalue weighted by Gasteiger charge is 2.49. The predicted octanol–water partition coefficient (Wildman–Crippen LogP) is 2.27. The number of aliphatic carboxylic acids is 1. The lowest BCUT2D eigenvalue weighted by Crippen LogP contribution is -2.41. The van der Waals surface area contributed by atoms with E-state index in [1.165, 1.54) is 4.90 Å². The Kier molecular flexibility index (Phi) is 4.11. The molecule has 1 unspecified atom stereocenters. The van der Waals surface area contributed by atoms with Crippen LogP contribution in [0.5, 0.6) is 5.75 Å². The van der Waals surface area contributed by atoms with E-state index in [0.29, 0.717) is 37.6 Å². The molecule has 2 fully saturated rings. The van der Waals surface area contributed by atoms with E-state index >= 15 is 0 Å². The zero-order chi connectivity index (χ0) is 18.3. The summed E-state index contributed by atoms with van der Waals surface area (Å²) in [7, 11) is 1.58. The number of methoxy groups -OCH3 is 1. The molecule has 26 heavy (non-hydrogen) atoms. The van der Waals surface area contributed by atoms with E-state index < -0.39 is 12.0 Å². The van der Waals surface area contributed by atoms with Gasteiger partial charge in [0.25, 0.3) is 5.91 Å². The van der Waals surface area contributed by atoms with Crippen molar-refractivity contribution < 1.29 is 24.2 Å². The van der Waals surface area contributed by atoms with Gasteiger partial charge in [0.05, 0.1) is 7.11 Å². The Balaban J connectivity index is 1.67. The second kappa shape index (κ2) is 6.32. The maximum Gasteiger partial charge on any atom is 0.326 e. The van der Waals surface area contributed by atoms with E-state index in [9.17, 15) is 14.7 Å². The first-order chi connectivity index (χ1) is 12.5. The van der Waals surface area contributed by atoms with Gasteiger partial charge in [-0.05, 0) is 42.9 Å². The summed E-state index contributed by atoms with van der Waals surface area (Å²) in [6.07, 6.45) is 2.07. The summed E-state index contributed by atoms with van der Waals surface area (Å²) in [6.45, 7) is 1.70. The number of fused-ring (bicyclic) bond motifs is 1. The van der Waals surface area contributed by atoms with Gasteiger partial charge < -0.3 is 24.5 Å². The number of aromatic nitrogens is 1. The number of H-pyrrole nitrogens is 1. The summed E-state index contributed by atoms with van der Waals surface area (Å²) in [5, 5.41) is 10.5. The molecule has 7 nitrogen and oxygen atoms in total. The molecular weight excluding hydrogens is 336 g/mol. The van der Waals surface area contributed by atoms with Crippen molar-refractivity contribution in [2.75, 3.05) is 26.9 Å². The molecule has 1 aromatic carbocycles. The van der Waals surface area contributed by atoms with Crippen molar-refractivity contribution in [3.8, 4) is 5.75 Å². The molecule has 2 N–H and O–H groups in total. The number of hydrogen-bond donors (Lipinski definition) is 2. The normalized spacial score (nSPS) is 22.0. The summed E-state index contributed by atoms with van der Waals surface area (Å²) in [6, 6.07) is 6.49. The SMILES string of the molecule is COc1cccc2[nH]c(C(=O)N3CC4(CCOCC4)CC3C(=O)O)cc12. The number of carboxylic acids is 1. The lowest BCUT2D eigenvalue weighted by Gasteiger charge is -2.32. The van der Waals surface area contributed by atoms with Crippen molar-refractivity contribution in [2.24, 2.45) is 5.41 Å². The number of amides is 1. The highest BCUT2D eigenvalue weighted by molar-refractivity contribution is 6.01. The van der Waals surface area contributed by atoms with Gasteiger partial charge in [0, 0.05) is 30.7 Å². The van der Waals surface area contributed by atoms with Gasteiger partial charge in [-0.2, -0.15) is 0 Å². The van der Waals surface area contributed by atoms with Crippen LogP contribution < -0.4 is 4.74 Å². The molecule has 4 rings (SSSR count). The van der Waals surface area contributed by atoms with Gasteiger partial charge in [-0.3, -0.25) is 4.79 Å². The minimum Gasteiger partial charge on any atom is -0.496 e. The Morgan fingerprint density at radius 2 is 2.12 bits per heavy atom. The minimum absolute atomic E-state index is 0.152. The molecule has 138 valence electrons. The second-order valence-corrected chi connectivity index (χ2v) is 7.21. The highest BCUT2D eigenvalue weighted by Crippen LogP contribution is 2.43. The summed E-state index contributed by atoms with van der Waals surface area (Å²) in [5.74, 6) is -0.552. The number of hydrogen-bond acceptors (Lipinski definition) is 4. The fourth-order valence-corrected chi connectivity index (χ4v) is 4.23. The zero-order valence-electron chi connectivity index (χ0n) is 14.7. The molecule has 0 radical (unpaired) electrons. The molecule has 1 atom stereocenters. The number of likely N-dealkylation sites (tertiary alicyclic amines) is 1. The third kappa shape index (κ3) is 2.72. The van der Waals surface area contributed by atoms with Gasteiger partial charge in [0.2, 0.25) is 0 Å². The molecule has 3 heterocycles. The first-order valence-electron chi connectivity index (χ1n) is 8.80. The third-order valence-corrected chi connectivity index (χ3v) is 5.68. The molecule has 1 aromatic heterocycles. The summed E-state index contributed by atoms with van der Waals surface area (Å²) in [5.41, 5.74) is 1.03. The Labute approximate surface area is 150 Å². The maximum absolute atomic E-state index is 13.1. The molecule has 2 saturated heterocycles. The lowest BCUT2D eigenvalue weighted by atomic mass is 9.78. The van der Waals surface area contributed by atoms with Crippen molar-refractivity contribution in [2.45, 2.75) is 25.3 Å². The fraction of sp³-hybridized carbons (Fsp3) is 0.474. The molecular formula is C19H22N2O5. The molecule has 0 aliphatic carbocycles. The van der Waals surface area contributed by atoms with Gasteiger partial charge >= 0.3 is 5.97 Å². The average molecular weight is 358 g/mol. The number of aromatic amines is 1. The summed E-state index contributed by atoms with van der Waals surface area (Å²) >= 11 is 0. The Bertz CT molecular complexity index is 853. The molecule has 0 bridgehead atoms. The molecule has 1 spiro atoms. The van der Waals surface area contributed by atoms with Crippen LogP contribution in [-0.4, -0.2) is 59.8 Å². The van der Waals surface area contributed by atoms with Gasteiger partial charge in [0.1, 0.15) is 17.5 Å². The Morgan fingerprint density at radius 3 is 2.81 bits per heavy atom. The zero-order valence-corrected chi connectivity index (χ0v) is 14.7. The van der Waals surface area contributed by atoms with E-state index in [1.807, 2.05) is 18.2 Å². The number of carboxylic acid groups (broad SMARTS) is 1. The van der Waals surface area contributed by atoms with Crippen molar-refractivity contribution in [1.29, 1.82) is 0 Å². The molecule has 7 heteroatoms. The van der Waals surface area contributed by atoms with Crippen LogP contribution >= 0.6 is 0 Å². The standard InChI is InChI=1S/C19H22N2O5/c1-25-16-4-2-3-13-12(16)9-14(20-13)17(22)21-11-19(5-7-26-8-6-19)10-15(21)18(23)24/h2-4,9,15,20H,5-8,10-11H2,1H3,(H,23,24). The van der Waals surface area contributed by atoms with Crippen molar-refractivity contribution in [3.05, 3.63) is 30.0 Å². The number of nitrogens with one attached hydrogen (secondary N) is 1. The van der Waals surface area contributed by atoms with Crippen molar-refractivity contribution in [3.63, 3.8) is 0 Å². The van der Waals surface area contributed by atoms with Crippen LogP contribution in [0, 0.1) is 5.41 Å². The molecule has 2 aliphatic rings. The van der Waals surface area contributed by atoms with Crippen LogP contribution in [0.3, 0.4) is 0 Å². The number of rotatable bonds is 3. The van der Waals surface area contributed by atoms with E-state index in [2.05, 4.69) is 4.98 Å². The van der Waals surface area contributed by atoms with E-state index in [4.69, 9.17) is 9.47 Å². The van der Waals surface area contributed by atoms with Crippen LogP contribution in [0.4, 0.5) is 0 Å². The van der Waals surface area contributed by atoms with Gasteiger partial charge in [-0.25, -0.2) is 4.79 Å². The number of carbonyl (C=O) groups is 2. The number of carbonyl (C=O) groups excluding carboxylic acids is 1. The van der Waals surface area contributed by atoms with Crippen molar-refractivity contribution in [1.82, 2.24) is 9.88 Å². The predicted molar refractivity (Wildman–Crippen MR) is 94.4 cm³/mol. The topological polar surface area (TPSA) is 91.9 Å². The maximum atomic E-state index is 13.1. The van der Waals surface area contributed by atoms with Crippen LogP contribution in [-0.2, 0) is 9.53 Å². The van der Waals surface area contributed by atoms with Crippen LogP contribution in [0.1, 0.15) is 29.8 Å². The first kappa shape index (κ1) is 16.9. The fourth-order valence-electron chi connectivity index (χ4n) is 4.23. The molecule has 2 aromatic rings. The van der Waals surface area contributed by atoms with Crippen LogP contribution in [0.25, 0.3) is 10.9 Å².